The maximum absolute atomic E-state index is 12.6. The van der Waals surface area contributed by atoms with Gasteiger partial charge in [0.05, 0.1) is 30.2 Å². The van der Waals surface area contributed by atoms with Crippen molar-refractivity contribution in [1.82, 2.24) is 19.6 Å². The van der Waals surface area contributed by atoms with E-state index in [9.17, 15) is 14.7 Å². The summed E-state index contributed by atoms with van der Waals surface area (Å²) in [7, 11) is 0. The highest BCUT2D eigenvalue weighted by Crippen LogP contribution is 2.18. The summed E-state index contributed by atoms with van der Waals surface area (Å²) in [5.41, 5.74) is 1.50. The minimum absolute atomic E-state index is 0.320. The van der Waals surface area contributed by atoms with E-state index >= 15 is 0 Å². The lowest BCUT2D eigenvalue weighted by Crippen LogP contribution is -2.35. The van der Waals surface area contributed by atoms with Gasteiger partial charge in [0, 0.05) is 11.9 Å². The number of carboxylic acids is 1. The van der Waals surface area contributed by atoms with E-state index in [2.05, 4.69) is 15.5 Å². The third kappa shape index (κ3) is 3.74. The Morgan fingerprint density at radius 1 is 1.15 bits per heavy atom. The third-order valence-corrected chi connectivity index (χ3v) is 4.46. The number of carbonyl (C=O) groups excluding carboxylic acids is 1. The molecule has 2 N–H and O–H groups in total. The van der Waals surface area contributed by atoms with Gasteiger partial charge < -0.3 is 10.4 Å². The molecule has 1 aromatic carbocycles. The van der Waals surface area contributed by atoms with Gasteiger partial charge in [0.25, 0.3) is 5.91 Å². The van der Waals surface area contributed by atoms with Crippen LogP contribution in [0.15, 0.2) is 48.9 Å². The van der Waals surface area contributed by atoms with Gasteiger partial charge in [0.1, 0.15) is 0 Å². The van der Waals surface area contributed by atoms with Gasteiger partial charge in [-0.25, -0.2) is 4.79 Å². The van der Waals surface area contributed by atoms with Crippen LogP contribution < -0.4 is 5.32 Å². The fraction of sp³-hybridized carbons (Fsp3) is 0.263. The first-order chi connectivity index (χ1) is 12.8. The molecule has 0 saturated heterocycles. The summed E-state index contributed by atoms with van der Waals surface area (Å²) in [6.45, 7) is 5.48. The van der Waals surface area contributed by atoms with Gasteiger partial charge in [0.2, 0.25) is 0 Å². The molecule has 2 heterocycles. The lowest BCUT2D eigenvalue weighted by atomic mass is 10.1. The predicted molar refractivity (Wildman–Crippen MR) is 99.6 cm³/mol. The molecule has 3 aromatic rings. The molecule has 1 amide bonds. The number of nitrogens with one attached hydrogen (secondary N) is 1. The zero-order valence-electron chi connectivity index (χ0n) is 15.4. The van der Waals surface area contributed by atoms with Crippen LogP contribution >= 0.6 is 0 Å². The number of aliphatic carboxylic acids is 1. The molecule has 0 aliphatic heterocycles. The average molecular weight is 367 g/mol. The van der Waals surface area contributed by atoms with Crippen LogP contribution in [0.2, 0.25) is 0 Å². The van der Waals surface area contributed by atoms with E-state index in [0.717, 1.165) is 11.3 Å². The van der Waals surface area contributed by atoms with Crippen LogP contribution in [0.4, 0.5) is 5.69 Å². The SMILES string of the molecule is Cc1c(C(=O)Nc2cnn(C(C)(C)C(=O)O)c2)cnn1Cc1ccccc1. The quantitative estimate of drug-likeness (QED) is 0.697. The Hall–Kier alpha value is -3.42. The largest absolute Gasteiger partial charge is 0.479 e. The first-order valence-corrected chi connectivity index (χ1v) is 8.45. The molecule has 0 saturated carbocycles. The Balaban J connectivity index is 1.74. The summed E-state index contributed by atoms with van der Waals surface area (Å²) in [5.74, 6) is -1.33. The first kappa shape index (κ1) is 18.4. The fourth-order valence-electron chi connectivity index (χ4n) is 2.57. The van der Waals surface area contributed by atoms with Crippen molar-refractivity contribution in [2.45, 2.75) is 32.9 Å². The number of hydrogen-bond donors (Lipinski definition) is 2. The molecule has 140 valence electrons. The standard InChI is InChI=1S/C19H21N5O3/c1-13-16(10-20-23(13)11-14-7-5-4-6-8-14)17(25)22-15-9-21-24(12-15)19(2,3)18(26)27/h4-10,12H,11H2,1-3H3,(H,22,25)(H,26,27). The van der Waals surface area contributed by atoms with Crippen LogP contribution in [0, 0.1) is 6.92 Å². The number of nitrogens with zero attached hydrogens (tertiary/aromatic N) is 4. The van der Waals surface area contributed by atoms with Crippen molar-refractivity contribution in [3.63, 3.8) is 0 Å². The highest BCUT2D eigenvalue weighted by Gasteiger charge is 2.30. The number of benzene rings is 1. The second-order valence-corrected chi connectivity index (χ2v) is 6.78. The molecular formula is C19H21N5O3. The van der Waals surface area contributed by atoms with Crippen molar-refractivity contribution in [2.75, 3.05) is 5.32 Å². The van der Waals surface area contributed by atoms with Gasteiger partial charge in [0.15, 0.2) is 5.54 Å². The number of anilines is 1. The number of carboxylic acid groups (broad SMARTS) is 1. The van der Waals surface area contributed by atoms with Gasteiger partial charge in [-0.15, -0.1) is 0 Å². The van der Waals surface area contributed by atoms with Crippen molar-refractivity contribution in [1.29, 1.82) is 0 Å². The van der Waals surface area contributed by atoms with Crippen molar-refractivity contribution in [2.24, 2.45) is 0 Å². The van der Waals surface area contributed by atoms with Gasteiger partial charge in [-0.05, 0) is 26.3 Å². The van der Waals surface area contributed by atoms with Crippen LogP contribution in [0.5, 0.6) is 0 Å². The van der Waals surface area contributed by atoms with E-state index in [1.165, 1.54) is 37.1 Å². The molecular weight excluding hydrogens is 346 g/mol. The maximum atomic E-state index is 12.6. The van der Waals surface area contributed by atoms with Crippen LogP contribution in [-0.2, 0) is 16.9 Å². The van der Waals surface area contributed by atoms with Gasteiger partial charge >= 0.3 is 5.97 Å². The van der Waals surface area contributed by atoms with E-state index < -0.39 is 11.5 Å². The van der Waals surface area contributed by atoms with Crippen molar-refractivity contribution < 1.29 is 14.7 Å². The van der Waals surface area contributed by atoms with E-state index in [1.54, 1.807) is 4.68 Å². The monoisotopic (exact) mass is 367 g/mol. The summed E-state index contributed by atoms with van der Waals surface area (Å²) in [6, 6.07) is 9.86. The average Bonchev–Trinajstić information content (AvgIpc) is 3.24. The Labute approximate surface area is 156 Å². The number of amides is 1. The van der Waals surface area contributed by atoms with Crippen LogP contribution in [0.3, 0.4) is 0 Å². The summed E-state index contributed by atoms with van der Waals surface area (Å²) >= 11 is 0. The number of aromatic nitrogens is 4. The highest BCUT2D eigenvalue weighted by atomic mass is 16.4. The second-order valence-electron chi connectivity index (χ2n) is 6.78. The molecule has 8 heteroatoms. The van der Waals surface area contributed by atoms with Crippen LogP contribution in [0.1, 0.15) is 35.5 Å². The van der Waals surface area contributed by atoms with Crippen molar-refractivity contribution in [3.05, 3.63) is 65.7 Å². The minimum atomic E-state index is -1.21. The van der Waals surface area contributed by atoms with Gasteiger partial charge in [-0.2, -0.15) is 10.2 Å². The molecule has 0 aliphatic rings. The van der Waals surface area contributed by atoms with E-state index in [1.807, 2.05) is 37.3 Å². The summed E-state index contributed by atoms with van der Waals surface area (Å²) < 4.78 is 3.07. The number of carbonyl (C=O) groups is 2. The second kappa shape index (κ2) is 7.06. The first-order valence-electron chi connectivity index (χ1n) is 8.45. The third-order valence-electron chi connectivity index (χ3n) is 4.46. The van der Waals surface area contributed by atoms with E-state index in [-0.39, 0.29) is 5.91 Å². The summed E-state index contributed by atoms with van der Waals surface area (Å²) in [6.07, 6.45) is 4.45. The molecule has 0 fully saturated rings. The Kier molecular flexibility index (Phi) is 4.81. The highest BCUT2D eigenvalue weighted by molar-refractivity contribution is 6.04. The van der Waals surface area contributed by atoms with Crippen molar-refractivity contribution >= 4 is 17.6 Å². The fourth-order valence-corrected chi connectivity index (χ4v) is 2.57. The lowest BCUT2D eigenvalue weighted by molar-refractivity contribution is -0.146. The molecule has 0 spiro atoms. The molecule has 8 nitrogen and oxygen atoms in total. The molecule has 2 aromatic heterocycles. The maximum Gasteiger partial charge on any atom is 0.331 e. The van der Waals surface area contributed by atoms with Crippen LogP contribution in [0.25, 0.3) is 0 Å². The Morgan fingerprint density at radius 2 is 1.85 bits per heavy atom. The van der Waals surface area contributed by atoms with Gasteiger partial charge in [-0.3, -0.25) is 14.2 Å². The van der Waals surface area contributed by atoms with Crippen molar-refractivity contribution in [3.8, 4) is 0 Å². The summed E-state index contributed by atoms with van der Waals surface area (Å²) in [5, 5.41) is 20.3. The van der Waals surface area contributed by atoms with E-state index in [0.29, 0.717) is 17.8 Å². The molecule has 0 unspecified atom stereocenters. The lowest BCUT2D eigenvalue weighted by Gasteiger charge is -2.19. The number of rotatable bonds is 6. The molecule has 27 heavy (non-hydrogen) atoms. The minimum Gasteiger partial charge on any atom is -0.479 e. The Morgan fingerprint density at radius 3 is 2.52 bits per heavy atom. The smallest absolute Gasteiger partial charge is 0.331 e. The molecule has 0 atom stereocenters. The topological polar surface area (TPSA) is 102 Å². The predicted octanol–water partition coefficient (Wildman–Crippen LogP) is 2.51. The summed E-state index contributed by atoms with van der Waals surface area (Å²) in [4.78, 5) is 23.9. The molecule has 0 bridgehead atoms. The van der Waals surface area contributed by atoms with Gasteiger partial charge in [-0.1, -0.05) is 30.3 Å². The molecule has 3 rings (SSSR count). The number of hydrogen-bond acceptors (Lipinski definition) is 4. The molecule has 0 radical (unpaired) electrons. The Bertz CT molecular complexity index is 972. The molecule has 0 aliphatic carbocycles. The van der Waals surface area contributed by atoms with Crippen LogP contribution in [-0.4, -0.2) is 36.5 Å². The normalized spacial score (nSPS) is 11.4. The zero-order valence-corrected chi connectivity index (χ0v) is 15.4. The zero-order chi connectivity index (χ0) is 19.6. The van der Waals surface area contributed by atoms with E-state index in [4.69, 9.17) is 0 Å².